The molecule has 1 aromatic carbocycles. The van der Waals surface area contributed by atoms with Crippen molar-refractivity contribution >= 4 is 0 Å². The predicted octanol–water partition coefficient (Wildman–Crippen LogP) is 3.43. The molecule has 0 saturated heterocycles. The Hall–Kier alpha value is -0.860. The second-order valence-corrected chi connectivity index (χ2v) is 5.33. The van der Waals surface area contributed by atoms with E-state index in [1.165, 1.54) is 36.8 Å². The van der Waals surface area contributed by atoms with Gasteiger partial charge < -0.3 is 10.1 Å². The van der Waals surface area contributed by atoms with E-state index in [4.69, 9.17) is 4.74 Å². The van der Waals surface area contributed by atoms with Crippen molar-refractivity contribution in [1.82, 2.24) is 5.32 Å². The van der Waals surface area contributed by atoms with Crippen molar-refractivity contribution in [3.05, 3.63) is 35.4 Å². The minimum Gasteiger partial charge on any atom is -0.374 e. The molecule has 18 heavy (non-hydrogen) atoms. The number of nitrogens with one attached hydrogen (secondary N) is 1. The van der Waals surface area contributed by atoms with Gasteiger partial charge in [-0.1, -0.05) is 36.8 Å². The fourth-order valence-corrected chi connectivity index (χ4v) is 2.62. The number of rotatable bonds is 5. The second kappa shape index (κ2) is 6.91. The molecule has 1 aromatic rings. The van der Waals surface area contributed by atoms with E-state index in [0.29, 0.717) is 12.1 Å². The molecule has 1 saturated carbocycles. The smallest absolute Gasteiger partial charge is 0.0720 e. The highest BCUT2D eigenvalue weighted by Gasteiger charge is 2.20. The van der Waals surface area contributed by atoms with Crippen molar-refractivity contribution in [3.63, 3.8) is 0 Å². The Balaban J connectivity index is 1.70. The molecule has 0 unspecified atom stereocenters. The van der Waals surface area contributed by atoms with Crippen LogP contribution in [-0.2, 0) is 11.3 Å². The predicted molar refractivity (Wildman–Crippen MR) is 75.7 cm³/mol. The van der Waals surface area contributed by atoms with Crippen molar-refractivity contribution in [2.24, 2.45) is 0 Å². The van der Waals surface area contributed by atoms with Gasteiger partial charge in [0.25, 0.3) is 0 Å². The zero-order valence-electron chi connectivity index (χ0n) is 11.6. The van der Waals surface area contributed by atoms with Gasteiger partial charge in [-0.05, 0) is 44.7 Å². The summed E-state index contributed by atoms with van der Waals surface area (Å²) in [7, 11) is 0. The van der Waals surface area contributed by atoms with Crippen LogP contribution < -0.4 is 5.32 Å². The van der Waals surface area contributed by atoms with Crippen LogP contribution in [0.5, 0.6) is 0 Å². The van der Waals surface area contributed by atoms with Crippen LogP contribution in [-0.4, -0.2) is 18.7 Å². The summed E-state index contributed by atoms with van der Waals surface area (Å²) in [6.07, 6.45) is 5.37. The highest BCUT2D eigenvalue weighted by molar-refractivity contribution is 5.20. The molecule has 0 aliphatic heterocycles. The Morgan fingerprint density at radius 3 is 2.39 bits per heavy atom. The standard InChI is InChI=1S/C16H25NO/c1-3-17-15-8-10-16(11-9-15)18-12-14-6-4-13(2)5-7-14/h4-7,15-17H,3,8-12H2,1-2H3. The largest absolute Gasteiger partial charge is 0.374 e. The molecule has 0 heterocycles. The maximum absolute atomic E-state index is 6.01. The van der Waals surface area contributed by atoms with Crippen molar-refractivity contribution in [2.75, 3.05) is 6.54 Å². The summed E-state index contributed by atoms with van der Waals surface area (Å²) in [5.41, 5.74) is 2.60. The van der Waals surface area contributed by atoms with Gasteiger partial charge in [-0.15, -0.1) is 0 Å². The fourth-order valence-electron chi connectivity index (χ4n) is 2.62. The van der Waals surface area contributed by atoms with E-state index < -0.39 is 0 Å². The molecule has 0 bridgehead atoms. The molecule has 1 aliphatic rings. The van der Waals surface area contributed by atoms with Crippen LogP contribution in [0.15, 0.2) is 24.3 Å². The van der Waals surface area contributed by atoms with E-state index in [0.717, 1.165) is 13.2 Å². The number of aryl methyl sites for hydroxylation is 1. The van der Waals surface area contributed by atoms with Gasteiger partial charge in [0.15, 0.2) is 0 Å². The Morgan fingerprint density at radius 1 is 1.11 bits per heavy atom. The van der Waals surface area contributed by atoms with Crippen LogP contribution in [0.3, 0.4) is 0 Å². The Bertz CT molecular complexity index is 339. The summed E-state index contributed by atoms with van der Waals surface area (Å²) in [6, 6.07) is 9.36. The van der Waals surface area contributed by atoms with Crippen molar-refractivity contribution in [1.29, 1.82) is 0 Å². The van der Waals surface area contributed by atoms with Gasteiger partial charge in [0.1, 0.15) is 0 Å². The van der Waals surface area contributed by atoms with Gasteiger partial charge in [0, 0.05) is 6.04 Å². The maximum atomic E-state index is 6.01. The lowest BCUT2D eigenvalue weighted by atomic mass is 9.93. The van der Waals surface area contributed by atoms with E-state index in [9.17, 15) is 0 Å². The second-order valence-electron chi connectivity index (χ2n) is 5.33. The van der Waals surface area contributed by atoms with Crippen LogP contribution in [0, 0.1) is 6.92 Å². The highest BCUT2D eigenvalue weighted by Crippen LogP contribution is 2.22. The zero-order chi connectivity index (χ0) is 12.8. The van der Waals surface area contributed by atoms with Crippen LogP contribution in [0.2, 0.25) is 0 Å². The molecule has 100 valence electrons. The molecular formula is C16H25NO. The average molecular weight is 247 g/mol. The van der Waals surface area contributed by atoms with Crippen molar-refractivity contribution < 1.29 is 4.74 Å². The molecule has 0 atom stereocenters. The first-order valence-corrected chi connectivity index (χ1v) is 7.18. The third-order valence-electron chi connectivity index (χ3n) is 3.77. The minimum atomic E-state index is 0.459. The molecule has 0 spiro atoms. The Morgan fingerprint density at radius 2 is 1.78 bits per heavy atom. The van der Waals surface area contributed by atoms with Gasteiger partial charge in [0.2, 0.25) is 0 Å². The first kappa shape index (κ1) is 13.6. The van der Waals surface area contributed by atoms with E-state index >= 15 is 0 Å². The molecule has 0 amide bonds. The lowest BCUT2D eigenvalue weighted by molar-refractivity contribution is 0.0114. The summed E-state index contributed by atoms with van der Waals surface area (Å²) in [5, 5.41) is 3.53. The van der Waals surface area contributed by atoms with E-state index in [-0.39, 0.29) is 0 Å². The lowest BCUT2D eigenvalue weighted by Gasteiger charge is -2.29. The molecule has 0 radical (unpaired) electrons. The normalized spacial score (nSPS) is 24.1. The van der Waals surface area contributed by atoms with Gasteiger partial charge >= 0.3 is 0 Å². The summed E-state index contributed by atoms with van der Waals surface area (Å²) in [6.45, 7) is 6.14. The molecule has 2 rings (SSSR count). The maximum Gasteiger partial charge on any atom is 0.0720 e. The molecule has 2 nitrogen and oxygen atoms in total. The SMILES string of the molecule is CCNC1CCC(OCc2ccc(C)cc2)CC1. The summed E-state index contributed by atoms with van der Waals surface area (Å²) in [5.74, 6) is 0. The average Bonchev–Trinajstić information content (AvgIpc) is 2.40. The van der Waals surface area contributed by atoms with E-state index in [1.807, 2.05) is 0 Å². The topological polar surface area (TPSA) is 21.3 Å². The summed E-state index contributed by atoms with van der Waals surface area (Å²) >= 11 is 0. The number of benzene rings is 1. The first-order chi connectivity index (χ1) is 8.78. The Labute approximate surface area is 111 Å². The first-order valence-electron chi connectivity index (χ1n) is 7.18. The summed E-state index contributed by atoms with van der Waals surface area (Å²) < 4.78 is 6.01. The third kappa shape index (κ3) is 4.11. The van der Waals surface area contributed by atoms with Gasteiger partial charge in [-0.3, -0.25) is 0 Å². The van der Waals surface area contributed by atoms with Crippen molar-refractivity contribution in [2.45, 2.75) is 58.3 Å². The highest BCUT2D eigenvalue weighted by atomic mass is 16.5. The van der Waals surface area contributed by atoms with Crippen molar-refractivity contribution in [3.8, 4) is 0 Å². The molecule has 0 aromatic heterocycles. The third-order valence-corrected chi connectivity index (χ3v) is 3.77. The Kier molecular flexibility index (Phi) is 5.21. The van der Waals surface area contributed by atoms with E-state index in [1.54, 1.807) is 0 Å². The fraction of sp³-hybridized carbons (Fsp3) is 0.625. The summed E-state index contributed by atoms with van der Waals surface area (Å²) in [4.78, 5) is 0. The van der Waals surface area contributed by atoms with Crippen LogP contribution in [0.25, 0.3) is 0 Å². The molecular weight excluding hydrogens is 222 g/mol. The van der Waals surface area contributed by atoms with Gasteiger partial charge in [0.05, 0.1) is 12.7 Å². The number of hydrogen-bond acceptors (Lipinski definition) is 2. The van der Waals surface area contributed by atoms with E-state index in [2.05, 4.69) is 43.4 Å². The molecule has 2 heteroatoms. The monoisotopic (exact) mass is 247 g/mol. The van der Waals surface area contributed by atoms with Crippen LogP contribution in [0.4, 0.5) is 0 Å². The van der Waals surface area contributed by atoms with Gasteiger partial charge in [-0.2, -0.15) is 0 Å². The molecule has 1 aliphatic carbocycles. The number of hydrogen-bond donors (Lipinski definition) is 1. The minimum absolute atomic E-state index is 0.459. The quantitative estimate of drug-likeness (QED) is 0.860. The van der Waals surface area contributed by atoms with Crippen LogP contribution >= 0.6 is 0 Å². The molecule has 1 N–H and O–H groups in total. The van der Waals surface area contributed by atoms with Crippen LogP contribution in [0.1, 0.15) is 43.7 Å². The van der Waals surface area contributed by atoms with Gasteiger partial charge in [-0.25, -0.2) is 0 Å². The lowest BCUT2D eigenvalue weighted by Crippen LogP contribution is -2.35. The number of ether oxygens (including phenoxy) is 1. The molecule has 1 fully saturated rings. The zero-order valence-corrected chi connectivity index (χ0v) is 11.6.